The van der Waals surface area contributed by atoms with E-state index in [0.717, 1.165) is 11.8 Å². The number of hydrogen-bond acceptors (Lipinski definition) is 3. The fourth-order valence-corrected chi connectivity index (χ4v) is 1.87. The topological polar surface area (TPSA) is 58.2 Å². The molecule has 0 spiro atoms. The lowest BCUT2D eigenvalue weighted by molar-refractivity contribution is -0.122. The second-order valence-electron chi connectivity index (χ2n) is 4.56. The van der Waals surface area contributed by atoms with Crippen molar-refractivity contribution < 1.29 is 9.59 Å². The maximum Gasteiger partial charge on any atom is 0.279 e. The van der Waals surface area contributed by atoms with Crippen molar-refractivity contribution in [1.82, 2.24) is 10.6 Å². The van der Waals surface area contributed by atoms with Crippen LogP contribution in [-0.4, -0.2) is 29.5 Å². The van der Waals surface area contributed by atoms with Gasteiger partial charge in [-0.05, 0) is 20.8 Å². The van der Waals surface area contributed by atoms with Gasteiger partial charge in [-0.1, -0.05) is 23.6 Å². The predicted octanol–water partition coefficient (Wildman–Crippen LogP) is 0.977. The van der Waals surface area contributed by atoms with Crippen LogP contribution in [0.1, 0.15) is 20.8 Å². The van der Waals surface area contributed by atoms with E-state index in [2.05, 4.69) is 22.5 Å². The molecule has 0 aliphatic carbocycles. The average molecular weight is 240 g/mol. The molecule has 1 rings (SSSR count). The smallest absolute Gasteiger partial charge is 0.279 e. The predicted molar refractivity (Wildman–Crippen MR) is 65.0 cm³/mol. The van der Waals surface area contributed by atoms with Crippen LogP contribution in [0.4, 0.5) is 4.79 Å². The van der Waals surface area contributed by atoms with E-state index in [1.807, 2.05) is 20.8 Å². The van der Waals surface area contributed by atoms with Gasteiger partial charge in [0.2, 0.25) is 5.91 Å². The molecule has 0 aromatic carbocycles. The van der Waals surface area contributed by atoms with Crippen LogP contribution in [-0.2, 0) is 4.79 Å². The zero-order valence-electron chi connectivity index (χ0n) is 9.72. The van der Waals surface area contributed by atoms with Crippen LogP contribution in [0.25, 0.3) is 0 Å². The third-order valence-corrected chi connectivity index (χ3v) is 2.68. The van der Waals surface area contributed by atoms with Gasteiger partial charge >= 0.3 is 0 Å². The minimum atomic E-state index is -0.408. The average Bonchev–Trinajstić information content (AvgIpc) is 2.57. The molecule has 0 bridgehead atoms. The first-order valence-corrected chi connectivity index (χ1v) is 6.08. The molecule has 4 nitrogen and oxygen atoms in total. The molecule has 0 aromatic heterocycles. The lowest BCUT2D eigenvalue weighted by Gasteiger charge is -2.09. The molecular formula is C11H16N2O2S. The minimum absolute atomic E-state index is 0.0534. The number of carbonyl (C=O) groups excluding carboxylic acids is 2. The Bertz CT molecular complexity index is 349. The summed E-state index contributed by atoms with van der Waals surface area (Å²) < 4.78 is 0. The normalized spacial score (nSPS) is 19.7. The first-order chi connectivity index (χ1) is 7.38. The SMILES string of the molecule is CC(C)(C)C#CCNC(=O)[C@H]1CSC(=O)N1. The minimum Gasteiger partial charge on any atom is -0.343 e. The van der Waals surface area contributed by atoms with Crippen LogP contribution in [0, 0.1) is 17.3 Å². The third-order valence-electron chi connectivity index (χ3n) is 1.80. The summed E-state index contributed by atoms with van der Waals surface area (Å²) in [4.78, 5) is 22.4. The van der Waals surface area contributed by atoms with E-state index in [9.17, 15) is 9.59 Å². The van der Waals surface area contributed by atoms with E-state index >= 15 is 0 Å². The highest BCUT2D eigenvalue weighted by Crippen LogP contribution is 2.12. The van der Waals surface area contributed by atoms with Crippen molar-refractivity contribution in [2.45, 2.75) is 26.8 Å². The Morgan fingerprint density at radius 2 is 2.31 bits per heavy atom. The molecule has 1 aliphatic heterocycles. The second kappa shape index (κ2) is 5.26. The van der Waals surface area contributed by atoms with Crippen LogP contribution in [0.3, 0.4) is 0 Å². The summed E-state index contributed by atoms with van der Waals surface area (Å²) in [6.07, 6.45) is 0. The standard InChI is InChI=1S/C11H16N2O2S/c1-11(2,3)5-4-6-12-9(14)8-7-16-10(15)13-8/h8H,6-7H2,1-3H3,(H,12,14)(H,13,15)/t8-/m1/s1. The van der Waals surface area contributed by atoms with Crippen LogP contribution < -0.4 is 10.6 Å². The zero-order valence-corrected chi connectivity index (χ0v) is 10.5. The van der Waals surface area contributed by atoms with Crippen molar-refractivity contribution in [1.29, 1.82) is 0 Å². The van der Waals surface area contributed by atoms with Gasteiger partial charge in [-0.25, -0.2) is 0 Å². The van der Waals surface area contributed by atoms with Gasteiger partial charge in [-0.3, -0.25) is 9.59 Å². The van der Waals surface area contributed by atoms with Crippen molar-refractivity contribution in [2.75, 3.05) is 12.3 Å². The number of amides is 2. The molecular weight excluding hydrogens is 224 g/mol. The number of rotatable bonds is 2. The van der Waals surface area contributed by atoms with Crippen molar-refractivity contribution in [3.8, 4) is 11.8 Å². The molecule has 2 N–H and O–H groups in total. The zero-order chi connectivity index (χ0) is 12.2. The molecule has 1 atom stereocenters. The molecule has 1 heterocycles. The van der Waals surface area contributed by atoms with Crippen molar-refractivity contribution in [2.24, 2.45) is 5.41 Å². The molecule has 0 unspecified atom stereocenters. The van der Waals surface area contributed by atoms with Gasteiger partial charge in [-0.15, -0.1) is 0 Å². The lowest BCUT2D eigenvalue weighted by atomic mass is 9.98. The Morgan fingerprint density at radius 3 is 2.81 bits per heavy atom. The highest BCUT2D eigenvalue weighted by molar-refractivity contribution is 8.14. The molecule has 1 saturated heterocycles. The summed E-state index contributed by atoms with van der Waals surface area (Å²) >= 11 is 1.13. The summed E-state index contributed by atoms with van der Waals surface area (Å²) in [5.41, 5.74) is -0.0534. The second-order valence-corrected chi connectivity index (χ2v) is 5.56. The maximum absolute atomic E-state index is 11.5. The molecule has 5 heteroatoms. The van der Waals surface area contributed by atoms with E-state index in [1.54, 1.807) is 0 Å². The molecule has 88 valence electrons. The van der Waals surface area contributed by atoms with Gasteiger partial charge in [-0.2, -0.15) is 0 Å². The van der Waals surface area contributed by atoms with Gasteiger partial charge in [0.1, 0.15) is 6.04 Å². The van der Waals surface area contributed by atoms with Crippen LogP contribution in [0.2, 0.25) is 0 Å². The van der Waals surface area contributed by atoms with E-state index in [-0.39, 0.29) is 16.6 Å². The van der Waals surface area contributed by atoms with Gasteiger partial charge in [0.25, 0.3) is 5.24 Å². The summed E-state index contributed by atoms with van der Waals surface area (Å²) in [5.74, 6) is 6.24. The van der Waals surface area contributed by atoms with Crippen molar-refractivity contribution >= 4 is 22.9 Å². The summed E-state index contributed by atoms with van der Waals surface area (Å²) in [7, 11) is 0. The summed E-state index contributed by atoms with van der Waals surface area (Å²) in [5, 5.41) is 5.11. The van der Waals surface area contributed by atoms with E-state index < -0.39 is 6.04 Å². The quantitative estimate of drug-likeness (QED) is 0.707. The summed E-state index contributed by atoms with van der Waals surface area (Å²) in [6.45, 7) is 6.36. The van der Waals surface area contributed by atoms with Crippen LogP contribution >= 0.6 is 11.8 Å². The number of nitrogens with one attached hydrogen (secondary N) is 2. The largest absolute Gasteiger partial charge is 0.343 e. The lowest BCUT2D eigenvalue weighted by Crippen LogP contribution is -2.42. The van der Waals surface area contributed by atoms with Gasteiger partial charge in [0.15, 0.2) is 0 Å². The Labute approximate surface area is 99.9 Å². The first-order valence-electron chi connectivity index (χ1n) is 5.09. The van der Waals surface area contributed by atoms with Gasteiger partial charge in [0.05, 0.1) is 6.54 Å². The number of carbonyl (C=O) groups is 2. The molecule has 16 heavy (non-hydrogen) atoms. The molecule has 1 fully saturated rings. The fraction of sp³-hybridized carbons (Fsp3) is 0.636. The fourth-order valence-electron chi connectivity index (χ4n) is 1.09. The van der Waals surface area contributed by atoms with E-state index in [0.29, 0.717) is 12.3 Å². The maximum atomic E-state index is 11.5. The number of hydrogen-bond donors (Lipinski definition) is 2. The van der Waals surface area contributed by atoms with Gasteiger partial charge in [0, 0.05) is 11.2 Å². The molecule has 1 aliphatic rings. The first kappa shape index (κ1) is 12.9. The monoisotopic (exact) mass is 240 g/mol. The molecule has 0 saturated carbocycles. The third kappa shape index (κ3) is 4.58. The van der Waals surface area contributed by atoms with Crippen LogP contribution in [0.5, 0.6) is 0 Å². The molecule has 0 aromatic rings. The molecule has 0 radical (unpaired) electrons. The Morgan fingerprint density at radius 1 is 1.62 bits per heavy atom. The van der Waals surface area contributed by atoms with Crippen molar-refractivity contribution in [3.05, 3.63) is 0 Å². The Balaban J connectivity index is 2.30. The Kier molecular flexibility index (Phi) is 4.25. The highest BCUT2D eigenvalue weighted by Gasteiger charge is 2.27. The Hall–Kier alpha value is -1.15. The molecule has 2 amide bonds. The van der Waals surface area contributed by atoms with E-state index in [1.165, 1.54) is 0 Å². The number of thioether (sulfide) groups is 1. The summed E-state index contributed by atoms with van der Waals surface area (Å²) in [6, 6.07) is -0.408. The highest BCUT2D eigenvalue weighted by atomic mass is 32.2. The van der Waals surface area contributed by atoms with Crippen LogP contribution in [0.15, 0.2) is 0 Å². The van der Waals surface area contributed by atoms with E-state index in [4.69, 9.17) is 0 Å². The van der Waals surface area contributed by atoms with Crippen molar-refractivity contribution in [3.63, 3.8) is 0 Å². The van der Waals surface area contributed by atoms with Gasteiger partial charge < -0.3 is 10.6 Å².